The van der Waals surface area contributed by atoms with Gasteiger partial charge in [-0.25, -0.2) is 0 Å². The summed E-state index contributed by atoms with van der Waals surface area (Å²) in [4.78, 5) is 14.0. The molecular weight excluding hydrogens is 218 g/mol. The van der Waals surface area contributed by atoms with Crippen molar-refractivity contribution in [3.63, 3.8) is 0 Å². The van der Waals surface area contributed by atoms with Gasteiger partial charge in [-0.2, -0.15) is 5.10 Å². The van der Waals surface area contributed by atoms with Gasteiger partial charge in [0.25, 0.3) is 5.91 Å². The van der Waals surface area contributed by atoms with Gasteiger partial charge >= 0.3 is 0 Å². The Balaban J connectivity index is 1.98. The molecule has 1 aromatic carbocycles. The van der Waals surface area contributed by atoms with Gasteiger partial charge in [0.1, 0.15) is 0 Å². The number of aliphatic hydroxyl groups excluding tert-OH is 1. The lowest BCUT2D eigenvalue weighted by Gasteiger charge is -2.15. The van der Waals surface area contributed by atoms with E-state index in [0.29, 0.717) is 25.1 Å². The highest BCUT2D eigenvalue weighted by molar-refractivity contribution is 6.05. The van der Waals surface area contributed by atoms with E-state index >= 15 is 0 Å². The molecule has 1 aliphatic rings. The van der Waals surface area contributed by atoms with E-state index in [-0.39, 0.29) is 12.0 Å². The van der Waals surface area contributed by atoms with Crippen LogP contribution in [0.5, 0.6) is 0 Å². The fourth-order valence-corrected chi connectivity index (χ4v) is 2.24. The van der Waals surface area contributed by atoms with E-state index in [1.54, 1.807) is 17.2 Å². The molecular formula is C12H13N3O2. The van der Waals surface area contributed by atoms with E-state index in [1.807, 2.05) is 12.1 Å². The van der Waals surface area contributed by atoms with Gasteiger partial charge in [-0.05, 0) is 12.5 Å². The van der Waals surface area contributed by atoms with Gasteiger partial charge in [-0.15, -0.1) is 0 Å². The third-order valence-electron chi connectivity index (χ3n) is 3.16. The maximum Gasteiger partial charge on any atom is 0.256 e. The topological polar surface area (TPSA) is 69.2 Å². The molecule has 17 heavy (non-hydrogen) atoms. The highest BCUT2D eigenvalue weighted by atomic mass is 16.3. The third kappa shape index (κ3) is 1.68. The molecule has 0 aliphatic carbocycles. The number of β-amino-alcohol motifs (C(OH)–C–C–N with tert-alkyl or cyclic N) is 1. The molecule has 0 bridgehead atoms. The summed E-state index contributed by atoms with van der Waals surface area (Å²) in [6.45, 7) is 1.04. The summed E-state index contributed by atoms with van der Waals surface area (Å²) in [6, 6.07) is 5.54. The number of rotatable bonds is 1. The highest BCUT2D eigenvalue weighted by Crippen LogP contribution is 2.19. The zero-order valence-corrected chi connectivity index (χ0v) is 9.26. The van der Waals surface area contributed by atoms with Crippen LogP contribution < -0.4 is 0 Å². The summed E-state index contributed by atoms with van der Waals surface area (Å²) in [5.74, 6) is -0.0450. The van der Waals surface area contributed by atoms with Gasteiger partial charge in [0, 0.05) is 18.5 Å². The molecule has 5 heteroatoms. The van der Waals surface area contributed by atoms with Crippen LogP contribution in [0.15, 0.2) is 24.4 Å². The fraction of sp³-hybridized carbons (Fsp3) is 0.333. The second kappa shape index (κ2) is 3.85. The Morgan fingerprint density at radius 3 is 3.18 bits per heavy atom. The monoisotopic (exact) mass is 231 g/mol. The standard InChI is InChI=1S/C12H13N3O2/c16-9-4-5-15(7-9)12(17)10-3-1-2-8-6-13-14-11(8)10/h1-3,6,9,16H,4-5,7H2,(H,13,14)/t9-/m0/s1. The molecule has 0 radical (unpaired) electrons. The maximum absolute atomic E-state index is 12.3. The van der Waals surface area contributed by atoms with Crippen molar-refractivity contribution in [3.05, 3.63) is 30.0 Å². The highest BCUT2D eigenvalue weighted by Gasteiger charge is 2.26. The molecule has 1 saturated heterocycles. The van der Waals surface area contributed by atoms with E-state index in [2.05, 4.69) is 10.2 Å². The molecule has 3 rings (SSSR count). The predicted octanol–water partition coefficient (Wildman–Crippen LogP) is 0.770. The average Bonchev–Trinajstić information content (AvgIpc) is 2.95. The summed E-state index contributed by atoms with van der Waals surface area (Å²) in [5.41, 5.74) is 1.38. The van der Waals surface area contributed by atoms with Gasteiger partial charge in [0.2, 0.25) is 0 Å². The number of aromatic nitrogens is 2. The molecule has 1 fully saturated rings. The maximum atomic E-state index is 12.3. The van der Waals surface area contributed by atoms with Crippen LogP contribution in [-0.2, 0) is 0 Å². The van der Waals surface area contributed by atoms with Crippen LogP contribution in [0.3, 0.4) is 0 Å². The first-order valence-corrected chi connectivity index (χ1v) is 5.65. The van der Waals surface area contributed by atoms with Crippen molar-refractivity contribution in [2.75, 3.05) is 13.1 Å². The van der Waals surface area contributed by atoms with Crippen LogP contribution in [0.2, 0.25) is 0 Å². The number of hydrogen-bond donors (Lipinski definition) is 2. The first kappa shape index (κ1) is 10.3. The van der Waals surface area contributed by atoms with Crippen LogP contribution in [0.1, 0.15) is 16.8 Å². The fourth-order valence-electron chi connectivity index (χ4n) is 2.24. The molecule has 1 amide bonds. The minimum Gasteiger partial charge on any atom is -0.391 e. The van der Waals surface area contributed by atoms with Crippen molar-refractivity contribution in [2.45, 2.75) is 12.5 Å². The average molecular weight is 231 g/mol. The predicted molar refractivity (Wildman–Crippen MR) is 62.6 cm³/mol. The molecule has 5 nitrogen and oxygen atoms in total. The number of hydrogen-bond acceptors (Lipinski definition) is 3. The molecule has 2 N–H and O–H groups in total. The van der Waals surface area contributed by atoms with Gasteiger partial charge in [0.15, 0.2) is 0 Å². The van der Waals surface area contributed by atoms with Gasteiger partial charge in [0.05, 0.1) is 23.4 Å². The number of nitrogens with zero attached hydrogens (tertiary/aromatic N) is 2. The number of likely N-dealkylation sites (tertiary alicyclic amines) is 1. The Hall–Kier alpha value is -1.88. The number of para-hydroxylation sites is 1. The van der Waals surface area contributed by atoms with Crippen molar-refractivity contribution in [3.8, 4) is 0 Å². The van der Waals surface area contributed by atoms with Crippen LogP contribution >= 0.6 is 0 Å². The molecule has 1 aromatic heterocycles. The number of aliphatic hydroxyl groups is 1. The molecule has 2 aromatic rings. The number of nitrogens with one attached hydrogen (secondary N) is 1. The van der Waals surface area contributed by atoms with Crippen LogP contribution in [-0.4, -0.2) is 45.3 Å². The number of carbonyl (C=O) groups excluding carboxylic acids is 1. The Labute approximate surface area is 98.0 Å². The largest absolute Gasteiger partial charge is 0.391 e. The molecule has 0 saturated carbocycles. The lowest BCUT2D eigenvalue weighted by molar-refractivity contribution is 0.0766. The molecule has 0 spiro atoms. The molecule has 0 unspecified atom stereocenters. The van der Waals surface area contributed by atoms with Crippen LogP contribution in [0.4, 0.5) is 0 Å². The van der Waals surface area contributed by atoms with Crippen molar-refractivity contribution in [1.29, 1.82) is 0 Å². The number of benzene rings is 1. The van der Waals surface area contributed by atoms with Crippen molar-refractivity contribution >= 4 is 16.8 Å². The summed E-state index contributed by atoms with van der Waals surface area (Å²) in [5, 5.41) is 17.2. The number of H-pyrrole nitrogens is 1. The third-order valence-corrected chi connectivity index (χ3v) is 3.16. The summed E-state index contributed by atoms with van der Waals surface area (Å²) < 4.78 is 0. The number of amides is 1. The number of fused-ring (bicyclic) bond motifs is 1. The Bertz CT molecular complexity index is 564. The van der Waals surface area contributed by atoms with Crippen LogP contribution in [0.25, 0.3) is 10.9 Å². The lowest BCUT2D eigenvalue weighted by atomic mass is 10.1. The van der Waals surface area contributed by atoms with Gasteiger partial charge in [-0.1, -0.05) is 12.1 Å². The van der Waals surface area contributed by atoms with Gasteiger partial charge < -0.3 is 10.0 Å². The first-order valence-electron chi connectivity index (χ1n) is 5.65. The SMILES string of the molecule is O=C(c1cccc2cn[nH]c12)N1CC[C@H](O)C1. The minimum atomic E-state index is -0.389. The Morgan fingerprint density at radius 2 is 2.41 bits per heavy atom. The van der Waals surface area contributed by atoms with Crippen molar-refractivity contribution < 1.29 is 9.90 Å². The van der Waals surface area contributed by atoms with Gasteiger partial charge in [-0.3, -0.25) is 9.89 Å². The Kier molecular flexibility index (Phi) is 2.33. The number of carbonyl (C=O) groups is 1. The normalized spacial score (nSPS) is 20.1. The van der Waals surface area contributed by atoms with E-state index in [1.165, 1.54) is 0 Å². The molecule has 1 aliphatic heterocycles. The van der Waals surface area contributed by atoms with Crippen molar-refractivity contribution in [1.82, 2.24) is 15.1 Å². The van der Waals surface area contributed by atoms with E-state index in [9.17, 15) is 9.90 Å². The zero-order valence-electron chi connectivity index (χ0n) is 9.26. The summed E-state index contributed by atoms with van der Waals surface area (Å²) in [7, 11) is 0. The molecule has 88 valence electrons. The second-order valence-corrected chi connectivity index (χ2v) is 4.33. The van der Waals surface area contributed by atoms with Crippen LogP contribution in [0, 0.1) is 0 Å². The van der Waals surface area contributed by atoms with E-state index in [0.717, 1.165) is 10.9 Å². The Morgan fingerprint density at radius 1 is 1.53 bits per heavy atom. The molecule has 2 heterocycles. The van der Waals surface area contributed by atoms with E-state index < -0.39 is 0 Å². The smallest absolute Gasteiger partial charge is 0.256 e. The first-order chi connectivity index (χ1) is 8.25. The molecule has 1 atom stereocenters. The second-order valence-electron chi connectivity index (χ2n) is 4.33. The quantitative estimate of drug-likeness (QED) is 0.761. The summed E-state index contributed by atoms with van der Waals surface area (Å²) in [6.07, 6.45) is 1.97. The zero-order chi connectivity index (χ0) is 11.8. The van der Waals surface area contributed by atoms with Crippen molar-refractivity contribution in [2.24, 2.45) is 0 Å². The lowest BCUT2D eigenvalue weighted by Crippen LogP contribution is -2.29. The minimum absolute atomic E-state index is 0.0450. The summed E-state index contributed by atoms with van der Waals surface area (Å²) >= 11 is 0. The van der Waals surface area contributed by atoms with E-state index in [4.69, 9.17) is 0 Å². The number of aromatic amines is 1.